The van der Waals surface area contributed by atoms with Crippen LogP contribution in [0.5, 0.6) is 17.2 Å². The van der Waals surface area contributed by atoms with E-state index in [1.165, 1.54) is 38.5 Å². The number of carbonyl (C=O) groups is 2. The molecular formula is C22H25ClN2O6. The minimum Gasteiger partial charge on any atom is -0.493 e. The van der Waals surface area contributed by atoms with Crippen LogP contribution in [0.3, 0.4) is 0 Å². The molecule has 8 nitrogen and oxygen atoms in total. The number of nitrogens with one attached hydrogen (secondary N) is 1. The first-order valence-electron chi connectivity index (χ1n) is 9.31. The molecule has 0 unspecified atom stereocenters. The van der Waals surface area contributed by atoms with Crippen molar-refractivity contribution in [1.82, 2.24) is 4.90 Å². The van der Waals surface area contributed by atoms with Crippen LogP contribution in [-0.4, -0.2) is 63.3 Å². The third-order valence-corrected chi connectivity index (χ3v) is 4.54. The van der Waals surface area contributed by atoms with E-state index in [0.29, 0.717) is 36.0 Å². The number of rotatable bonds is 10. The van der Waals surface area contributed by atoms with Gasteiger partial charge in [0, 0.05) is 18.2 Å². The summed E-state index contributed by atoms with van der Waals surface area (Å²) in [6.07, 6.45) is 2.80. The van der Waals surface area contributed by atoms with E-state index in [1.807, 2.05) is 19.0 Å². The standard InChI is InChI=1S/C22H25ClN2O6/c1-25(2)12-13-31-20-14(8-10-17(29-3)21(20)30-4)9-11-18(26)24-19-15(22(27)28)6-5-7-16(19)23/h5-11H,12-13H2,1-4H3,(H,24,26)(H,27,28)/b11-9+. The number of carboxylic acid groups (broad SMARTS) is 1. The summed E-state index contributed by atoms with van der Waals surface area (Å²) in [5.41, 5.74) is 0.512. The summed E-state index contributed by atoms with van der Waals surface area (Å²) in [6.45, 7) is 1.07. The second-order valence-electron chi connectivity index (χ2n) is 6.66. The van der Waals surface area contributed by atoms with Crippen LogP contribution >= 0.6 is 11.6 Å². The molecular weight excluding hydrogens is 424 g/mol. The predicted molar refractivity (Wildman–Crippen MR) is 120 cm³/mol. The number of likely N-dealkylation sites (N-methyl/N-ethyl adjacent to an activating group) is 1. The smallest absolute Gasteiger partial charge is 0.337 e. The van der Waals surface area contributed by atoms with Gasteiger partial charge >= 0.3 is 5.97 Å². The topological polar surface area (TPSA) is 97.3 Å². The number of ether oxygens (including phenoxy) is 3. The molecule has 2 rings (SSSR count). The highest BCUT2D eigenvalue weighted by Gasteiger charge is 2.17. The SMILES string of the molecule is COc1ccc(/C=C/C(=O)Nc2c(Cl)cccc2C(=O)O)c(OCCN(C)C)c1OC. The Hall–Kier alpha value is -3.23. The predicted octanol–water partition coefficient (Wildman–Crippen LogP) is 3.65. The number of aromatic carboxylic acids is 1. The molecule has 1 amide bonds. The molecule has 0 aliphatic heterocycles. The van der Waals surface area contributed by atoms with E-state index in [2.05, 4.69) is 5.32 Å². The van der Waals surface area contributed by atoms with Crippen LogP contribution in [0.2, 0.25) is 5.02 Å². The minimum absolute atomic E-state index is 0.0288. The molecule has 166 valence electrons. The van der Waals surface area contributed by atoms with E-state index < -0.39 is 11.9 Å². The molecule has 0 aliphatic rings. The average Bonchev–Trinajstić information content (AvgIpc) is 2.73. The number of amides is 1. The Balaban J connectivity index is 2.30. The first kappa shape index (κ1) is 24.0. The Morgan fingerprint density at radius 3 is 2.48 bits per heavy atom. The number of benzene rings is 2. The quantitative estimate of drug-likeness (QED) is 0.535. The number of halogens is 1. The second kappa shape index (κ2) is 11.2. The van der Waals surface area contributed by atoms with Gasteiger partial charge < -0.3 is 29.5 Å². The Labute approximate surface area is 186 Å². The lowest BCUT2D eigenvalue weighted by Crippen LogP contribution is -2.19. The fraction of sp³-hybridized carbons (Fsp3) is 0.273. The number of hydrogen-bond donors (Lipinski definition) is 2. The summed E-state index contributed by atoms with van der Waals surface area (Å²) < 4.78 is 16.7. The fourth-order valence-electron chi connectivity index (χ4n) is 2.68. The highest BCUT2D eigenvalue weighted by atomic mass is 35.5. The lowest BCUT2D eigenvalue weighted by molar-refractivity contribution is -0.111. The van der Waals surface area contributed by atoms with Gasteiger partial charge in [-0.1, -0.05) is 17.7 Å². The first-order chi connectivity index (χ1) is 14.8. The molecule has 0 saturated carbocycles. The van der Waals surface area contributed by atoms with E-state index in [4.69, 9.17) is 25.8 Å². The molecule has 31 heavy (non-hydrogen) atoms. The summed E-state index contributed by atoms with van der Waals surface area (Å²) in [7, 11) is 6.88. The van der Waals surface area contributed by atoms with Crippen molar-refractivity contribution in [3.05, 3.63) is 52.6 Å². The van der Waals surface area contributed by atoms with Crippen LogP contribution in [0, 0.1) is 0 Å². The summed E-state index contributed by atoms with van der Waals surface area (Å²) in [6, 6.07) is 7.79. The number of methoxy groups -OCH3 is 2. The van der Waals surface area contributed by atoms with Crippen molar-refractivity contribution >= 4 is 35.2 Å². The monoisotopic (exact) mass is 448 g/mol. The zero-order valence-electron chi connectivity index (χ0n) is 17.8. The van der Waals surface area contributed by atoms with E-state index in [0.717, 1.165) is 0 Å². The number of carbonyl (C=O) groups excluding carboxylic acids is 1. The molecule has 0 atom stereocenters. The highest BCUT2D eigenvalue weighted by Crippen LogP contribution is 2.40. The Kier molecular flexibility index (Phi) is 8.72. The molecule has 0 saturated heterocycles. The van der Waals surface area contributed by atoms with E-state index in [9.17, 15) is 14.7 Å². The number of hydrogen-bond acceptors (Lipinski definition) is 6. The molecule has 0 aliphatic carbocycles. The van der Waals surface area contributed by atoms with E-state index in [-0.39, 0.29) is 16.3 Å². The molecule has 2 aromatic carbocycles. The van der Waals surface area contributed by atoms with Gasteiger partial charge in [0.25, 0.3) is 0 Å². The third-order valence-electron chi connectivity index (χ3n) is 4.22. The van der Waals surface area contributed by atoms with Crippen LogP contribution in [0.15, 0.2) is 36.4 Å². The molecule has 0 fully saturated rings. The van der Waals surface area contributed by atoms with E-state index >= 15 is 0 Å². The van der Waals surface area contributed by atoms with Crippen LogP contribution in [0.25, 0.3) is 6.08 Å². The van der Waals surface area contributed by atoms with Crippen molar-refractivity contribution in [3.8, 4) is 17.2 Å². The van der Waals surface area contributed by atoms with Gasteiger partial charge in [0.1, 0.15) is 6.61 Å². The van der Waals surface area contributed by atoms with Gasteiger partial charge in [-0.25, -0.2) is 4.79 Å². The maximum absolute atomic E-state index is 12.5. The maximum atomic E-state index is 12.5. The van der Waals surface area contributed by atoms with Crippen molar-refractivity contribution < 1.29 is 28.9 Å². The van der Waals surface area contributed by atoms with Crippen molar-refractivity contribution in [2.24, 2.45) is 0 Å². The highest BCUT2D eigenvalue weighted by molar-refractivity contribution is 6.34. The summed E-state index contributed by atoms with van der Waals surface area (Å²) >= 11 is 6.06. The normalized spacial score (nSPS) is 10.9. The van der Waals surface area contributed by atoms with Crippen LogP contribution in [-0.2, 0) is 4.79 Å². The maximum Gasteiger partial charge on any atom is 0.337 e. The second-order valence-corrected chi connectivity index (χ2v) is 7.07. The lowest BCUT2D eigenvalue weighted by Gasteiger charge is -2.17. The van der Waals surface area contributed by atoms with Crippen LogP contribution in [0.4, 0.5) is 5.69 Å². The molecule has 0 spiro atoms. The largest absolute Gasteiger partial charge is 0.493 e. The number of anilines is 1. The third kappa shape index (κ3) is 6.37. The number of para-hydroxylation sites is 1. The average molecular weight is 449 g/mol. The molecule has 2 N–H and O–H groups in total. The summed E-state index contributed by atoms with van der Waals surface area (Å²) in [4.78, 5) is 25.8. The van der Waals surface area contributed by atoms with Gasteiger partial charge in [0.05, 0.1) is 30.5 Å². The Morgan fingerprint density at radius 1 is 1.13 bits per heavy atom. The molecule has 0 bridgehead atoms. The molecule has 0 heterocycles. The zero-order chi connectivity index (χ0) is 23.0. The van der Waals surface area contributed by atoms with Crippen molar-refractivity contribution in [2.45, 2.75) is 0 Å². The summed E-state index contributed by atoms with van der Waals surface area (Å²) in [5.74, 6) is -0.422. The van der Waals surface area contributed by atoms with Gasteiger partial charge in [-0.15, -0.1) is 0 Å². The zero-order valence-corrected chi connectivity index (χ0v) is 18.5. The number of carboxylic acids is 1. The molecule has 9 heteroatoms. The minimum atomic E-state index is -1.20. The van der Waals surface area contributed by atoms with Crippen molar-refractivity contribution in [3.63, 3.8) is 0 Å². The van der Waals surface area contributed by atoms with Gasteiger partial charge in [-0.3, -0.25) is 4.79 Å². The van der Waals surface area contributed by atoms with Gasteiger partial charge in [0.15, 0.2) is 11.5 Å². The fourth-order valence-corrected chi connectivity index (χ4v) is 2.91. The van der Waals surface area contributed by atoms with Gasteiger partial charge in [-0.2, -0.15) is 0 Å². The van der Waals surface area contributed by atoms with Gasteiger partial charge in [0.2, 0.25) is 11.7 Å². The first-order valence-corrected chi connectivity index (χ1v) is 9.69. The van der Waals surface area contributed by atoms with Gasteiger partial charge in [-0.05, 0) is 44.4 Å². The number of nitrogens with zero attached hydrogens (tertiary/aromatic N) is 1. The van der Waals surface area contributed by atoms with E-state index in [1.54, 1.807) is 18.2 Å². The van der Waals surface area contributed by atoms with Crippen molar-refractivity contribution in [1.29, 1.82) is 0 Å². The molecule has 2 aromatic rings. The lowest BCUT2D eigenvalue weighted by atomic mass is 10.1. The Morgan fingerprint density at radius 2 is 1.87 bits per heavy atom. The molecule has 0 aromatic heterocycles. The Bertz CT molecular complexity index is 975. The summed E-state index contributed by atoms with van der Waals surface area (Å²) in [5, 5.41) is 11.9. The van der Waals surface area contributed by atoms with Crippen LogP contribution < -0.4 is 19.5 Å². The molecule has 0 radical (unpaired) electrons. The van der Waals surface area contributed by atoms with Crippen LogP contribution in [0.1, 0.15) is 15.9 Å². The van der Waals surface area contributed by atoms with Crippen molar-refractivity contribution in [2.75, 3.05) is 46.8 Å².